The minimum atomic E-state index is -0.663. The van der Waals surface area contributed by atoms with Crippen molar-refractivity contribution in [1.29, 1.82) is 0 Å². The third-order valence-corrected chi connectivity index (χ3v) is 4.21. The van der Waals surface area contributed by atoms with Gasteiger partial charge in [-0.25, -0.2) is 4.39 Å². The summed E-state index contributed by atoms with van der Waals surface area (Å²) in [4.78, 5) is 14.9. The zero-order valence-electron chi connectivity index (χ0n) is 13.7. The van der Waals surface area contributed by atoms with Crippen molar-refractivity contribution in [3.8, 4) is 0 Å². The van der Waals surface area contributed by atoms with Gasteiger partial charge in [0.05, 0.1) is 26.1 Å². The van der Waals surface area contributed by atoms with Crippen LogP contribution in [-0.2, 0) is 9.53 Å². The molecule has 1 saturated heterocycles. The van der Waals surface area contributed by atoms with E-state index in [1.54, 1.807) is 24.3 Å². The lowest BCUT2D eigenvalue weighted by atomic mass is 10.0. The van der Waals surface area contributed by atoms with E-state index in [9.17, 15) is 14.3 Å². The minimum Gasteiger partial charge on any atom is -0.467 e. The SMILES string of the molecule is O=C(NC(CO)c1ccco1)C(c1cccc(F)c1)N1CCOCC1. The number of aliphatic hydroxyl groups is 1. The molecular formula is C18H21FN2O4. The largest absolute Gasteiger partial charge is 0.467 e. The van der Waals surface area contributed by atoms with Gasteiger partial charge in [0.2, 0.25) is 5.91 Å². The molecule has 1 aromatic heterocycles. The van der Waals surface area contributed by atoms with Gasteiger partial charge in [-0.1, -0.05) is 12.1 Å². The number of nitrogens with zero attached hydrogens (tertiary/aromatic N) is 1. The predicted molar refractivity (Wildman–Crippen MR) is 88.2 cm³/mol. The Labute approximate surface area is 145 Å². The first-order valence-corrected chi connectivity index (χ1v) is 8.21. The zero-order chi connectivity index (χ0) is 17.6. The maximum absolute atomic E-state index is 13.7. The van der Waals surface area contributed by atoms with Crippen molar-refractivity contribution in [2.45, 2.75) is 12.1 Å². The average molecular weight is 348 g/mol. The van der Waals surface area contributed by atoms with E-state index in [-0.39, 0.29) is 12.5 Å². The van der Waals surface area contributed by atoms with Crippen LogP contribution in [-0.4, -0.2) is 48.8 Å². The number of ether oxygens (including phenoxy) is 1. The van der Waals surface area contributed by atoms with Crippen LogP contribution in [0.25, 0.3) is 0 Å². The van der Waals surface area contributed by atoms with Gasteiger partial charge in [-0.2, -0.15) is 0 Å². The van der Waals surface area contributed by atoms with E-state index in [1.807, 2.05) is 4.90 Å². The first-order valence-electron chi connectivity index (χ1n) is 8.21. The summed E-state index contributed by atoms with van der Waals surface area (Å²) in [7, 11) is 0. The molecule has 0 aliphatic carbocycles. The monoisotopic (exact) mass is 348 g/mol. The summed E-state index contributed by atoms with van der Waals surface area (Å²) >= 11 is 0. The van der Waals surface area contributed by atoms with Crippen LogP contribution >= 0.6 is 0 Å². The molecule has 25 heavy (non-hydrogen) atoms. The fourth-order valence-electron chi connectivity index (χ4n) is 2.99. The molecule has 6 nitrogen and oxygen atoms in total. The molecule has 1 aliphatic rings. The lowest BCUT2D eigenvalue weighted by Crippen LogP contribution is -2.46. The number of furan rings is 1. The number of hydrogen-bond acceptors (Lipinski definition) is 5. The van der Waals surface area contributed by atoms with E-state index in [4.69, 9.17) is 9.15 Å². The van der Waals surface area contributed by atoms with E-state index >= 15 is 0 Å². The fraction of sp³-hybridized carbons (Fsp3) is 0.389. The maximum atomic E-state index is 13.7. The van der Waals surface area contributed by atoms with Gasteiger partial charge in [-0.3, -0.25) is 9.69 Å². The van der Waals surface area contributed by atoms with Crippen molar-refractivity contribution < 1.29 is 23.4 Å². The number of carbonyl (C=O) groups excluding carboxylic acids is 1. The van der Waals surface area contributed by atoms with E-state index in [0.29, 0.717) is 37.6 Å². The fourth-order valence-corrected chi connectivity index (χ4v) is 2.99. The topological polar surface area (TPSA) is 74.9 Å². The second kappa shape index (κ2) is 8.24. The predicted octanol–water partition coefficient (Wildman–Crippen LogP) is 1.64. The number of aliphatic hydroxyl groups excluding tert-OH is 1. The molecular weight excluding hydrogens is 327 g/mol. The summed E-state index contributed by atoms with van der Waals surface area (Å²) in [5.74, 6) is -0.243. The Kier molecular flexibility index (Phi) is 5.80. The minimum absolute atomic E-state index is 0.293. The van der Waals surface area contributed by atoms with E-state index in [2.05, 4.69) is 5.32 Å². The van der Waals surface area contributed by atoms with Crippen LogP contribution in [0.3, 0.4) is 0 Å². The number of hydrogen-bond donors (Lipinski definition) is 2. The maximum Gasteiger partial charge on any atom is 0.242 e. The standard InChI is InChI=1S/C18H21FN2O4/c19-14-4-1-3-13(11-14)17(21-6-9-24-10-7-21)18(23)20-15(12-22)16-5-2-8-25-16/h1-5,8,11,15,17,22H,6-7,9-10,12H2,(H,20,23). The molecule has 2 heterocycles. The van der Waals surface area contributed by atoms with Gasteiger partial charge in [-0.15, -0.1) is 0 Å². The molecule has 1 aliphatic heterocycles. The molecule has 2 unspecified atom stereocenters. The van der Waals surface area contributed by atoms with Crippen LogP contribution in [0.4, 0.5) is 4.39 Å². The highest BCUT2D eigenvalue weighted by atomic mass is 19.1. The van der Waals surface area contributed by atoms with Crippen LogP contribution in [0.1, 0.15) is 23.4 Å². The number of nitrogens with one attached hydrogen (secondary N) is 1. The van der Waals surface area contributed by atoms with Gasteiger partial charge in [0.25, 0.3) is 0 Å². The van der Waals surface area contributed by atoms with Crippen LogP contribution < -0.4 is 5.32 Å². The summed E-state index contributed by atoms with van der Waals surface area (Å²) < 4.78 is 24.3. The Bertz CT molecular complexity index is 686. The molecule has 1 amide bonds. The number of amides is 1. The molecule has 2 N–H and O–H groups in total. The number of halogens is 1. The van der Waals surface area contributed by atoms with Crippen LogP contribution in [0.2, 0.25) is 0 Å². The Morgan fingerprint density at radius 1 is 1.28 bits per heavy atom. The van der Waals surface area contributed by atoms with Crippen LogP contribution in [0, 0.1) is 5.82 Å². The Morgan fingerprint density at radius 3 is 2.72 bits per heavy atom. The number of carbonyl (C=O) groups is 1. The second-order valence-electron chi connectivity index (χ2n) is 5.87. The molecule has 2 aromatic rings. The summed E-state index contributed by atoms with van der Waals surface area (Å²) in [6, 6.07) is 8.08. The molecule has 1 fully saturated rings. The zero-order valence-corrected chi connectivity index (χ0v) is 13.7. The molecule has 134 valence electrons. The molecule has 0 spiro atoms. The highest BCUT2D eigenvalue weighted by Gasteiger charge is 2.31. The molecule has 7 heteroatoms. The van der Waals surface area contributed by atoms with Gasteiger partial charge in [0.15, 0.2) is 0 Å². The molecule has 2 atom stereocenters. The average Bonchev–Trinajstić information content (AvgIpc) is 3.15. The molecule has 0 saturated carbocycles. The van der Waals surface area contributed by atoms with Crippen molar-refractivity contribution >= 4 is 5.91 Å². The number of benzene rings is 1. The third kappa shape index (κ3) is 4.25. The molecule has 0 bridgehead atoms. The molecule has 3 rings (SSSR count). The first kappa shape index (κ1) is 17.6. The van der Waals surface area contributed by atoms with E-state index in [0.717, 1.165) is 0 Å². The lowest BCUT2D eigenvalue weighted by molar-refractivity contribution is -0.129. The van der Waals surface area contributed by atoms with Gasteiger partial charge < -0.3 is 19.6 Å². The second-order valence-corrected chi connectivity index (χ2v) is 5.87. The van der Waals surface area contributed by atoms with Gasteiger partial charge in [0.1, 0.15) is 23.7 Å². The first-order chi connectivity index (χ1) is 12.2. The van der Waals surface area contributed by atoms with Crippen molar-refractivity contribution in [3.05, 3.63) is 59.8 Å². The van der Waals surface area contributed by atoms with Gasteiger partial charge in [0, 0.05) is 13.1 Å². The van der Waals surface area contributed by atoms with Crippen molar-refractivity contribution in [1.82, 2.24) is 10.2 Å². The summed E-state index contributed by atoms with van der Waals surface area (Å²) in [5, 5.41) is 12.4. The smallest absolute Gasteiger partial charge is 0.242 e. The Hall–Kier alpha value is -2.22. The summed E-state index contributed by atoms with van der Waals surface area (Å²) in [5.41, 5.74) is 0.565. The van der Waals surface area contributed by atoms with E-state index < -0.39 is 17.9 Å². The molecule has 0 radical (unpaired) electrons. The third-order valence-electron chi connectivity index (χ3n) is 4.21. The van der Waals surface area contributed by atoms with Gasteiger partial charge >= 0.3 is 0 Å². The lowest BCUT2D eigenvalue weighted by Gasteiger charge is -2.34. The Balaban J connectivity index is 1.83. The number of rotatable bonds is 6. The van der Waals surface area contributed by atoms with Crippen molar-refractivity contribution in [2.75, 3.05) is 32.9 Å². The molecule has 1 aromatic carbocycles. The van der Waals surface area contributed by atoms with Crippen molar-refractivity contribution in [3.63, 3.8) is 0 Å². The quantitative estimate of drug-likeness (QED) is 0.830. The summed E-state index contributed by atoms with van der Waals surface area (Å²) in [6.45, 7) is 1.87. The highest BCUT2D eigenvalue weighted by Crippen LogP contribution is 2.24. The highest BCUT2D eigenvalue weighted by molar-refractivity contribution is 5.83. The van der Waals surface area contributed by atoms with Crippen LogP contribution in [0.5, 0.6) is 0 Å². The number of morpholine rings is 1. The van der Waals surface area contributed by atoms with Crippen LogP contribution in [0.15, 0.2) is 47.1 Å². The van der Waals surface area contributed by atoms with E-state index in [1.165, 1.54) is 18.4 Å². The Morgan fingerprint density at radius 2 is 2.08 bits per heavy atom. The normalized spacial score (nSPS) is 17.8. The van der Waals surface area contributed by atoms with Crippen molar-refractivity contribution in [2.24, 2.45) is 0 Å². The summed E-state index contributed by atoms with van der Waals surface area (Å²) in [6.07, 6.45) is 1.48. The van der Waals surface area contributed by atoms with Gasteiger partial charge in [-0.05, 0) is 29.8 Å².